The minimum Gasteiger partial charge on any atom is -0.357 e. The lowest BCUT2D eigenvalue weighted by molar-refractivity contribution is -0.384. The normalized spacial score (nSPS) is 10.1. The van der Waals surface area contributed by atoms with E-state index in [4.69, 9.17) is 0 Å². The summed E-state index contributed by atoms with van der Waals surface area (Å²) in [5.74, 6) is 0.338. The third kappa shape index (κ3) is 2.24. The van der Waals surface area contributed by atoms with Gasteiger partial charge in [0.25, 0.3) is 0 Å². The first-order valence-electron chi connectivity index (χ1n) is 5.24. The Morgan fingerprint density at radius 1 is 1.39 bits per heavy atom. The molecule has 0 aliphatic rings. The van der Waals surface area contributed by atoms with Gasteiger partial charge in [-0.3, -0.25) is 15.1 Å². The summed E-state index contributed by atoms with van der Waals surface area (Å²) < 4.78 is 0. The number of aryl methyl sites for hydroxylation is 1. The van der Waals surface area contributed by atoms with Gasteiger partial charge in [-0.25, -0.2) is 9.97 Å². The molecule has 0 saturated carbocycles. The zero-order chi connectivity index (χ0) is 13.1. The summed E-state index contributed by atoms with van der Waals surface area (Å²) in [4.78, 5) is 22.5. The molecule has 2 rings (SSSR count). The molecule has 2 aromatic heterocycles. The van der Waals surface area contributed by atoms with Gasteiger partial charge in [-0.15, -0.1) is 0 Å². The number of rotatable bonds is 3. The van der Waals surface area contributed by atoms with Gasteiger partial charge >= 0.3 is 5.69 Å². The Bertz CT molecular complexity index is 600. The Labute approximate surface area is 103 Å². The fraction of sp³-hybridized carbons (Fsp3) is 0.182. The van der Waals surface area contributed by atoms with Crippen molar-refractivity contribution in [2.24, 2.45) is 0 Å². The van der Waals surface area contributed by atoms with E-state index in [1.165, 1.54) is 6.20 Å². The smallest absolute Gasteiger partial charge is 0.313 e. The zero-order valence-corrected chi connectivity index (χ0v) is 9.91. The van der Waals surface area contributed by atoms with Gasteiger partial charge in [0.2, 0.25) is 5.95 Å². The Morgan fingerprint density at radius 3 is 2.78 bits per heavy atom. The van der Waals surface area contributed by atoms with E-state index in [2.05, 4.69) is 20.3 Å². The minimum absolute atomic E-state index is 0.125. The van der Waals surface area contributed by atoms with E-state index in [-0.39, 0.29) is 11.4 Å². The maximum Gasteiger partial charge on any atom is 0.313 e. The predicted octanol–water partition coefficient (Wildman–Crippen LogP) is 1.80. The molecule has 1 N–H and O–H groups in total. The third-order valence-corrected chi connectivity index (χ3v) is 2.36. The summed E-state index contributed by atoms with van der Waals surface area (Å²) in [5.41, 5.74) is 1.57. The van der Waals surface area contributed by atoms with Crippen molar-refractivity contribution in [2.75, 3.05) is 12.4 Å². The van der Waals surface area contributed by atoms with E-state index in [9.17, 15) is 10.1 Å². The molecule has 0 amide bonds. The van der Waals surface area contributed by atoms with Crippen LogP contribution in [0.15, 0.2) is 24.5 Å². The Balaban J connectivity index is 2.63. The van der Waals surface area contributed by atoms with Crippen molar-refractivity contribution in [2.45, 2.75) is 6.92 Å². The molecule has 0 aliphatic carbocycles. The zero-order valence-electron chi connectivity index (χ0n) is 9.91. The summed E-state index contributed by atoms with van der Waals surface area (Å²) in [6.45, 7) is 1.81. The van der Waals surface area contributed by atoms with Crippen LogP contribution < -0.4 is 5.32 Å². The van der Waals surface area contributed by atoms with Crippen LogP contribution in [0.25, 0.3) is 11.3 Å². The Morgan fingerprint density at radius 2 is 2.17 bits per heavy atom. The van der Waals surface area contributed by atoms with Crippen LogP contribution in [-0.4, -0.2) is 26.9 Å². The van der Waals surface area contributed by atoms with Crippen molar-refractivity contribution in [3.63, 3.8) is 0 Å². The standard InChI is InChI=1S/C11H11N5O2/c1-7-5-8(3-4-13-7)10-9(16(17)18)6-14-11(12-2)15-10/h3-6H,1-2H3,(H,12,14,15). The molecule has 0 unspecified atom stereocenters. The van der Waals surface area contributed by atoms with Crippen LogP contribution in [0.2, 0.25) is 0 Å². The van der Waals surface area contributed by atoms with E-state index in [1.807, 2.05) is 6.92 Å². The van der Waals surface area contributed by atoms with Gasteiger partial charge in [-0.2, -0.15) is 0 Å². The fourth-order valence-electron chi connectivity index (χ4n) is 1.53. The lowest BCUT2D eigenvalue weighted by atomic mass is 10.1. The number of pyridine rings is 1. The van der Waals surface area contributed by atoms with Gasteiger partial charge in [-0.1, -0.05) is 0 Å². The maximum atomic E-state index is 11.0. The molecule has 0 atom stereocenters. The van der Waals surface area contributed by atoms with Gasteiger partial charge in [0.1, 0.15) is 6.20 Å². The lowest BCUT2D eigenvalue weighted by Gasteiger charge is -2.05. The number of nitro groups is 1. The monoisotopic (exact) mass is 245 g/mol. The van der Waals surface area contributed by atoms with Crippen molar-refractivity contribution in [3.8, 4) is 11.3 Å². The first-order chi connectivity index (χ1) is 8.61. The number of anilines is 1. The number of nitrogens with one attached hydrogen (secondary N) is 1. The fourth-order valence-corrected chi connectivity index (χ4v) is 1.53. The molecular weight excluding hydrogens is 234 g/mol. The second-order valence-corrected chi connectivity index (χ2v) is 3.62. The summed E-state index contributed by atoms with van der Waals surface area (Å²) in [6.07, 6.45) is 2.79. The Kier molecular flexibility index (Phi) is 3.13. The van der Waals surface area contributed by atoms with Crippen LogP contribution in [0.3, 0.4) is 0 Å². The lowest BCUT2D eigenvalue weighted by Crippen LogP contribution is -2.01. The number of aromatic nitrogens is 3. The van der Waals surface area contributed by atoms with Gasteiger partial charge < -0.3 is 5.32 Å². The quantitative estimate of drug-likeness (QED) is 0.654. The van der Waals surface area contributed by atoms with Crippen LogP contribution in [0.1, 0.15) is 5.69 Å². The molecule has 0 spiro atoms. The minimum atomic E-state index is -0.496. The van der Waals surface area contributed by atoms with Crippen LogP contribution in [0, 0.1) is 17.0 Å². The highest BCUT2D eigenvalue weighted by Gasteiger charge is 2.18. The van der Waals surface area contributed by atoms with Crippen molar-refractivity contribution in [1.29, 1.82) is 0 Å². The van der Waals surface area contributed by atoms with Crippen LogP contribution in [0.4, 0.5) is 11.6 Å². The number of nitrogens with zero attached hydrogens (tertiary/aromatic N) is 4. The molecule has 0 saturated heterocycles. The van der Waals surface area contributed by atoms with Crippen LogP contribution in [0.5, 0.6) is 0 Å². The van der Waals surface area contributed by atoms with Gasteiger partial charge in [0.15, 0.2) is 5.69 Å². The maximum absolute atomic E-state index is 11.0. The molecule has 7 heteroatoms. The molecule has 0 aliphatic heterocycles. The predicted molar refractivity (Wildman–Crippen MR) is 66.2 cm³/mol. The summed E-state index contributed by atoms with van der Waals surface area (Å²) in [7, 11) is 1.66. The average molecular weight is 245 g/mol. The van der Waals surface area contributed by atoms with Crippen molar-refractivity contribution in [3.05, 3.63) is 40.3 Å². The van der Waals surface area contributed by atoms with Gasteiger partial charge in [0, 0.05) is 24.5 Å². The number of hydrogen-bond acceptors (Lipinski definition) is 6. The van der Waals surface area contributed by atoms with Gasteiger partial charge in [-0.05, 0) is 19.1 Å². The van der Waals surface area contributed by atoms with E-state index >= 15 is 0 Å². The highest BCUT2D eigenvalue weighted by molar-refractivity contribution is 5.69. The average Bonchev–Trinajstić information content (AvgIpc) is 2.38. The van der Waals surface area contributed by atoms with E-state index < -0.39 is 4.92 Å². The molecule has 0 aromatic carbocycles. The van der Waals surface area contributed by atoms with E-state index in [0.717, 1.165) is 5.69 Å². The molecular formula is C11H11N5O2. The SMILES string of the molecule is CNc1ncc([N+](=O)[O-])c(-c2ccnc(C)c2)n1. The van der Waals surface area contributed by atoms with E-state index in [1.54, 1.807) is 25.4 Å². The van der Waals surface area contributed by atoms with Crippen molar-refractivity contribution in [1.82, 2.24) is 15.0 Å². The van der Waals surface area contributed by atoms with Crippen molar-refractivity contribution >= 4 is 11.6 Å². The van der Waals surface area contributed by atoms with Crippen molar-refractivity contribution < 1.29 is 4.92 Å². The highest BCUT2D eigenvalue weighted by Crippen LogP contribution is 2.27. The number of hydrogen-bond donors (Lipinski definition) is 1. The molecule has 0 bridgehead atoms. The molecule has 92 valence electrons. The topological polar surface area (TPSA) is 93.8 Å². The molecule has 18 heavy (non-hydrogen) atoms. The van der Waals surface area contributed by atoms with Gasteiger partial charge in [0.05, 0.1) is 4.92 Å². The Hall–Kier alpha value is -2.57. The first kappa shape index (κ1) is 11.9. The third-order valence-electron chi connectivity index (χ3n) is 2.36. The summed E-state index contributed by atoms with van der Waals surface area (Å²) >= 11 is 0. The van der Waals surface area contributed by atoms with Crippen LogP contribution >= 0.6 is 0 Å². The highest BCUT2D eigenvalue weighted by atomic mass is 16.6. The molecule has 2 heterocycles. The summed E-state index contributed by atoms with van der Waals surface area (Å²) in [6, 6.07) is 3.43. The largest absolute Gasteiger partial charge is 0.357 e. The van der Waals surface area contributed by atoms with Crippen LogP contribution in [-0.2, 0) is 0 Å². The second kappa shape index (κ2) is 4.74. The molecule has 0 fully saturated rings. The first-order valence-corrected chi connectivity index (χ1v) is 5.24. The second-order valence-electron chi connectivity index (χ2n) is 3.62. The van der Waals surface area contributed by atoms with E-state index in [0.29, 0.717) is 11.5 Å². The summed E-state index contributed by atoms with van der Waals surface area (Å²) in [5, 5.41) is 13.7. The molecule has 0 radical (unpaired) electrons. The molecule has 7 nitrogen and oxygen atoms in total. The molecule has 2 aromatic rings.